The summed E-state index contributed by atoms with van der Waals surface area (Å²) in [5, 5.41) is 8.33. The standard InChI is InChI=1S/C11H20N4O/c1-2-6-16-7-5-10-13-14-11(8-12)15(10)9-3-4-9/h9H,2-8,12H2,1H3. The van der Waals surface area contributed by atoms with Crippen molar-refractivity contribution >= 4 is 0 Å². The molecule has 1 saturated carbocycles. The van der Waals surface area contributed by atoms with E-state index in [0.717, 1.165) is 37.7 Å². The van der Waals surface area contributed by atoms with E-state index < -0.39 is 0 Å². The smallest absolute Gasteiger partial charge is 0.147 e. The molecule has 0 aromatic carbocycles. The van der Waals surface area contributed by atoms with E-state index >= 15 is 0 Å². The van der Waals surface area contributed by atoms with Crippen LogP contribution in [0.4, 0.5) is 0 Å². The van der Waals surface area contributed by atoms with E-state index in [1.807, 2.05) is 0 Å². The number of aromatic nitrogens is 3. The molecular formula is C11H20N4O. The van der Waals surface area contributed by atoms with E-state index in [2.05, 4.69) is 21.7 Å². The van der Waals surface area contributed by atoms with Gasteiger partial charge in [0.2, 0.25) is 0 Å². The third kappa shape index (κ3) is 2.59. The van der Waals surface area contributed by atoms with Gasteiger partial charge in [-0.05, 0) is 19.3 Å². The summed E-state index contributed by atoms with van der Waals surface area (Å²) in [4.78, 5) is 0. The summed E-state index contributed by atoms with van der Waals surface area (Å²) in [7, 11) is 0. The van der Waals surface area contributed by atoms with Crippen LogP contribution >= 0.6 is 0 Å². The molecule has 5 nitrogen and oxygen atoms in total. The minimum atomic E-state index is 0.472. The number of hydrogen-bond donors (Lipinski definition) is 1. The lowest BCUT2D eigenvalue weighted by Crippen LogP contribution is -2.11. The molecule has 0 spiro atoms. The van der Waals surface area contributed by atoms with Crippen LogP contribution in [0.1, 0.15) is 43.9 Å². The van der Waals surface area contributed by atoms with Crippen molar-refractivity contribution in [2.45, 2.75) is 45.2 Å². The third-order valence-corrected chi connectivity index (χ3v) is 2.75. The molecule has 0 radical (unpaired) electrons. The lowest BCUT2D eigenvalue weighted by molar-refractivity contribution is 0.136. The second-order valence-electron chi connectivity index (χ2n) is 4.20. The highest BCUT2D eigenvalue weighted by Crippen LogP contribution is 2.36. The molecule has 1 aliphatic carbocycles. The molecule has 1 aliphatic rings. The Kier molecular flexibility index (Phi) is 3.90. The van der Waals surface area contributed by atoms with Crippen molar-refractivity contribution < 1.29 is 4.74 Å². The van der Waals surface area contributed by atoms with Crippen LogP contribution in [0.25, 0.3) is 0 Å². The maximum atomic E-state index is 5.65. The zero-order valence-electron chi connectivity index (χ0n) is 9.85. The van der Waals surface area contributed by atoms with Crippen molar-refractivity contribution in [2.75, 3.05) is 13.2 Å². The van der Waals surface area contributed by atoms with Gasteiger partial charge in [-0.25, -0.2) is 0 Å². The Morgan fingerprint density at radius 3 is 2.69 bits per heavy atom. The van der Waals surface area contributed by atoms with Gasteiger partial charge in [0.1, 0.15) is 11.6 Å². The minimum Gasteiger partial charge on any atom is -0.381 e. The van der Waals surface area contributed by atoms with Crippen LogP contribution in [0.5, 0.6) is 0 Å². The largest absolute Gasteiger partial charge is 0.381 e. The predicted molar refractivity (Wildman–Crippen MR) is 61.0 cm³/mol. The number of nitrogens with two attached hydrogens (primary N) is 1. The van der Waals surface area contributed by atoms with E-state index in [0.29, 0.717) is 12.6 Å². The average molecular weight is 224 g/mol. The Morgan fingerprint density at radius 2 is 2.06 bits per heavy atom. The molecule has 0 saturated heterocycles. The fraction of sp³-hybridized carbons (Fsp3) is 0.818. The van der Waals surface area contributed by atoms with Gasteiger partial charge in [-0.3, -0.25) is 0 Å². The summed E-state index contributed by atoms with van der Waals surface area (Å²) in [6.45, 7) is 4.13. The average Bonchev–Trinajstić information content (AvgIpc) is 3.06. The first-order valence-corrected chi connectivity index (χ1v) is 6.07. The van der Waals surface area contributed by atoms with Crippen LogP contribution in [0.15, 0.2) is 0 Å². The zero-order valence-corrected chi connectivity index (χ0v) is 9.85. The summed E-state index contributed by atoms with van der Waals surface area (Å²) in [5.74, 6) is 1.94. The summed E-state index contributed by atoms with van der Waals surface area (Å²) in [6.07, 6.45) is 4.36. The Balaban J connectivity index is 1.94. The molecule has 2 N–H and O–H groups in total. The van der Waals surface area contributed by atoms with Crippen LogP contribution in [0, 0.1) is 0 Å². The zero-order chi connectivity index (χ0) is 11.4. The molecule has 0 bridgehead atoms. The first-order chi connectivity index (χ1) is 7.86. The summed E-state index contributed by atoms with van der Waals surface area (Å²) in [6, 6.07) is 0.592. The van der Waals surface area contributed by atoms with Gasteiger partial charge in [0.25, 0.3) is 0 Å². The molecule has 0 amide bonds. The number of hydrogen-bond acceptors (Lipinski definition) is 4. The van der Waals surface area contributed by atoms with Crippen LogP contribution in [0.2, 0.25) is 0 Å². The molecular weight excluding hydrogens is 204 g/mol. The highest BCUT2D eigenvalue weighted by atomic mass is 16.5. The summed E-state index contributed by atoms with van der Waals surface area (Å²) in [5.41, 5.74) is 5.65. The lowest BCUT2D eigenvalue weighted by atomic mass is 10.4. The van der Waals surface area contributed by atoms with Crippen LogP contribution in [-0.4, -0.2) is 28.0 Å². The predicted octanol–water partition coefficient (Wildman–Crippen LogP) is 1.04. The Morgan fingerprint density at radius 1 is 1.31 bits per heavy atom. The van der Waals surface area contributed by atoms with Crippen molar-refractivity contribution in [1.82, 2.24) is 14.8 Å². The fourth-order valence-corrected chi connectivity index (χ4v) is 1.83. The molecule has 16 heavy (non-hydrogen) atoms. The van der Waals surface area contributed by atoms with Crippen molar-refractivity contribution in [3.05, 3.63) is 11.6 Å². The molecule has 1 aromatic rings. The van der Waals surface area contributed by atoms with Crippen molar-refractivity contribution in [3.63, 3.8) is 0 Å². The Hall–Kier alpha value is -0.940. The first-order valence-electron chi connectivity index (χ1n) is 6.07. The number of nitrogens with zero attached hydrogens (tertiary/aromatic N) is 3. The third-order valence-electron chi connectivity index (χ3n) is 2.75. The molecule has 90 valence electrons. The normalized spacial score (nSPS) is 15.6. The van der Waals surface area contributed by atoms with Crippen LogP contribution < -0.4 is 5.73 Å². The first kappa shape index (κ1) is 11.5. The summed E-state index contributed by atoms with van der Waals surface area (Å²) >= 11 is 0. The topological polar surface area (TPSA) is 66.0 Å². The molecule has 1 fully saturated rings. The van der Waals surface area contributed by atoms with E-state index in [9.17, 15) is 0 Å². The van der Waals surface area contributed by atoms with Gasteiger partial charge in [-0.1, -0.05) is 6.92 Å². The molecule has 0 unspecified atom stereocenters. The highest BCUT2D eigenvalue weighted by Gasteiger charge is 2.28. The maximum absolute atomic E-state index is 5.65. The number of rotatable bonds is 7. The lowest BCUT2D eigenvalue weighted by Gasteiger charge is -2.07. The second kappa shape index (κ2) is 5.41. The number of ether oxygens (including phenoxy) is 1. The molecule has 1 aromatic heterocycles. The second-order valence-corrected chi connectivity index (χ2v) is 4.20. The SMILES string of the molecule is CCCOCCc1nnc(CN)n1C1CC1. The van der Waals surface area contributed by atoms with Crippen LogP contribution in [-0.2, 0) is 17.7 Å². The fourth-order valence-electron chi connectivity index (χ4n) is 1.83. The summed E-state index contributed by atoms with van der Waals surface area (Å²) < 4.78 is 7.68. The monoisotopic (exact) mass is 224 g/mol. The van der Waals surface area contributed by atoms with Crippen molar-refractivity contribution in [1.29, 1.82) is 0 Å². The van der Waals surface area contributed by atoms with Gasteiger partial charge in [0.15, 0.2) is 0 Å². The minimum absolute atomic E-state index is 0.472. The van der Waals surface area contributed by atoms with E-state index in [1.165, 1.54) is 12.8 Å². The maximum Gasteiger partial charge on any atom is 0.147 e. The van der Waals surface area contributed by atoms with E-state index in [-0.39, 0.29) is 0 Å². The van der Waals surface area contributed by atoms with Crippen molar-refractivity contribution in [2.24, 2.45) is 5.73 Å². The molecule has 5 heteroatoms. The van der Waals surface area contributed by atoms with Gasteiger partial charge in [0, 0.05) is 19.1 Å². The Labute approximate surface area is 96.0 Å². The Bertz CT molecular complexity index is 333. The van der Waals surface area contributed by atoms with Gasteiger partial charge < -0.3 is 15.0 Å². The molecule has 1 heterocycles. The van der Waals surface area contributed by atoms with Gasteiger partial charge in [-0.15, -0.1) is 10.2 Å². The molecule has 2 rings (SSSR count). The molecule has 0 aliphatic heterocycles. The van der Waals surface area contributed by atoms with Gasteiger partial charge >= 0.3 is 0 Å². The molecule has 0 atom stereocenters. The van der Waals surface area contributed by atoms with Gasteiger partial charge in [-0.2, -0.15) is 0 Å². The highest BCUT2D eigenvalue weighted by molar-refractivity contribution is 5.02. The van der Waals surface area contributed by atoms with E-state index in [4.69, 9.17) is 10.5 Å². The van der Waals surface area contributed by atoms with Crippen molar-refractivity contribution in [3.8, 4) is 0 Å². The quantitative estimate of drug-likeness (QED) is 0.703. The van der Waals surface area contributed by atoms with Gasteiger partial charge in [0.05, 0.1) is 13.2 Å². The van der Waals surface area contributed by atoms with E-state index in [1.54, 1.807) is 0 Å². The van der Waals surface area contributed by atoms with Crippen LogP contribution in [0.3, 0.4) is 0 Å².